The lowest BCUT2D eigenvalue weighted by atomic mass is 9.97. The Bertz CT molecular complexity index is 615. The van der Waals surface area contributed by atoms with Crippen LogP contribution in [0.3, 0.4) is 0 Å². The van der Waals surface area contributed by atoms with Gasteiger partial charge >= 0.3 is 6.61 Å². The van der Waals surface area contributed by atoms with Gasteiger partial charge in [-0.15, -0.1) is 0 Å². The van der Waals surface area contributed by atoms with Crippen LogP contribution in [0, 0.1) is 0 Å². The molecule has 2 aromatic rings. The van der Waals surface area contributed by atoms with Gasteiger partial charge < -0.3 is 10.1 Å². The molecule has 1 N–H and O–H groups in total. The number of nitrogens with one attached hydrogen (secondary N) is 1. The van der Waals surface area contributed by atoms with E-state index >= 15 is 0 Å². The third-order valence-corrected chi connectivity index (χ3v) is 3.50. The van der Waals surface area contributed by atoms with E-state index in [0.717, 1.165) is 11.1 Å². The molecule has 0 aliphatic heterocycles. The van der Waals surface area contributed by atoms with Crippen LogP contribution in [0.1, 0.15) is 30.4 Å². The Morgan fingerprint density at radius 2 is 1.74 bits per heavy atom. The number of carbonyl (C=O) groups excluding carboxylic acids is 1. The highest BCUT2D eigenvalue weighted by atomic mass is 19.3. The first-order valence-corrected chi connectivity index (χ1v) is 7.40. The third-order valence-electron chi connectivity index (χ3n) is 3.50. The Hall–Kier alpha value is -2.43. The van der Waals surface area contributed by atoms with Crippen molar-refractivity contribution >= 4 is 5.91 Å². The van der Waals surface area contributed by atoms with Crippen molar-refractivity contribution in [2.24, 2.45) is 0 Å². The molecule has 23 heavy (non-hydrogen) atoms. The number of carbonyl (C=O) groups is 1. The van der Waals surface area contributed by atoms with Crippen molar-refractivity contribution in [1.82, 2.24) is 5.32 Å². The van der Waals surface area contributed by atoms with Gasteiger partial charge in [0.1, 0.15) is 5.75 Å². The second-order valence-electron chi connectivity index (χ2n) is 5.32. The predicted octanol–water partition coefficient (Wildman–Crippen LogP) is 4.10. The highest BCUT2D eigenvalue weighted by Gasteiger charge is 2.11. The van der Waals surface area contributed by atoms with Gasteiger partial charge in [0, 0.05) is 13.0 Å². The molecule has 1 amide bonds. The molecule has 1 atom stereocenters. The van der Waals surface area contributed by atoms with Crippen LogP contribution in [0.25, 0.3) is 0 Å². The maximum atomic E-state index is 12.1. The first kappa shape index (κ1) is 16.9. The number of halogens is 2. The lowest BCUT2D eigenvalue weighted by Crippen LogP contribution is -2.24. The SMILES string of the molecule is C[C@H](CC(=O)NCc1ccc(OC(F)F)cc1)c1ccccc1. The molecule has 0 saturated carbocycles. The smallest absolute Gasteiger partial charge is 0.387 e. The molecule has 0 unspecified atom stereocenters. The van der Waals surface area contributed by atoms with E-state index in [0.29, 0.717) is 13.0 Å². The van der Waals surface area contributed by atoms with Crippen LogP contribution in [-0.2, 0) is 11.3 Å². The number of benzene rings is 2. The number of amides is 1. The highest BCUT2D eigenvalue weighted by Crippen LogP contribution is 2.18. The standard InChI is InChI=1S/C18H19F2NO2/c1-13(15-5-3-2-4-6-15)11-17(22)21-12-14-7-9-16(10-8-14)23-18(19)20/h2-10,13,18H,11-12H2,1H3,(H,21,22)/t13-/m1/s1. The molecule has 2 rings (SSSR count). The fourth-order valence-electron chi connectivity index (χ4n) is 2.24. The van der Waals surface area contributed by atoms with Gasteiger partial charge in [0.05, 0.1) is 0 Å². The van der Waals surface area contributed by atoms with E-state index in [1.54, 1.807) is 12.1 Å². The first-order chi connectivity index (χ1) is 11.0. The molecule has 0 fully saturated rings. The summed E-state index contributed by atoms with van der Waals surface area (Å²) in [6.45, 7) is -0.472. The quantitative estimate of drug-likeness (QED) is 0.834. The molecule has 0 aliphatic rings. The monoisotopic (exact) mass is 319 g/mol. The lowest BCUT2D eigenvalue weighted by molar-refractivity contribution is -0.121. The Morgan fingerprint density at radius 3 is 2.35 bits per heavy atom. The fraction of sp³-hybridized carbons (Fsp3) is 0.278. The maximum Gasteiger partial charge on any atom is 0.387 e. The number of alkyl halides is 2. The number of ether oxygens (including phenoxy) is 1. The van der Waals surface area contributed by atoms with Crippen LogP contribution in [-0.4, -0.2) is 12.5 Å². The molecular weight excluding hydrogens is 300 g/mol. The Kier molecular flexibility index (Phi) is 6.09. The van der Waals surface area contributed by atoms with Gasteiger partial charge in [-0.3, -0.25) is 4.79 Å². The van der Waals surface area contributed by atoms with Crippen molar-refractivity contribution in [3.8, 4) is 5.75 Å². The van der Waals surface area contributed by atoms with Gasteiger partial charge in [0.2, 0.25) is 5.91 Å². The number of rotatable bonds is 7. The average molecular weight is 319 g/mol. The summed E-state index contributed by atoms with van der Waals surface area (Å²) in [7, 11) is 0. The van der Waals surface area contributed by atoms with Gasteiger partial charge in [-0.05, 0) is 29.2 Å². The molecule has 2 aromatic carbocycles. The van der Waals surface area contributed by atoms with Gasteiger partial charge in [-0.25, -0.2) is 0 Å². The summed E-state index contributed by atoms with van der Waals surface area (Å²) in [6.07, 6.45) is 0.399. The zero-order valence-corrected chi connectivity index (χ0v) is 12.8. The summed E-state index contributed by atoms with van der Waals surface area (Å²) >= 11 is 0. The number of hydrogen-bond donors (Lipinski definition) is 1. The minimum Gasteiger partial charge on any atom is -0.435 e. The van der Waals surface area contributed by atoms with E-state index in [4.69, 9.17) is 0 Å². The largest absolute Gasteiger partial charge is 0.435 e. The van der Waals surface area contributed by atoms with Crippen molar-refractivity contribution in [2.45, 2.75) is 32.4 Å². The predicted molar refractivity (Wildman–Crippen MR) is 84.4 cm³/mol. The van der Waals surface area contributed by atoms with E-state index in [1.807, 2.05) is 37.3 Å². The zero-order chi connectivity index (χ0) is 16.7. The van der Waals surface area contributed by atoms with Crippen LogP contribution in [0.15, 0.2) is 54.6 Å². The molecule has 0 radical (unpaired) electrons. The molecule has 0 aliphatic carbocycles. The highest BCUT2D eigenvalue weighted by molar-refractivity contribution is 5.76. The van der Waals surface area contributed by atoms with E-state index in [2.05, 4.69) is 10.1 Å². The van der Waals surface area contributed by atoms with Crippen LogP contribution in [0.4, 0.5) is 8.78 Å². The lowest BCUT2D eigenvalue weighted by Gasteiger charge is -2.12. The van der Waals surface area contributed by atoms with E-state index < -0.39 is 6.61 Å². The van der Waals surface area contributed by atoms with E-state index in [1.165, 1.54) is 12.1 Å². The van der Waals surface area contributed by atoms with Gasteiger partial charge in [-0.1, -0.05) is 49.4 Å². The van der Waals surface area contributed by atoms with Gasteiger partial charge in [0.25, 0.3) is 0 Å². The topological polar surface area (TPSA) is 38.3 Å². The third kappa shape index (κ3) is 5.70. The average Bonchev–Trinajstić information content (AvgIpc) is 2.54. The van der Waals surface area contributed by atoms with Gasteiger partial charge in [-0.2, -0.15) is 8.78 Å². The maximum absolute atomic E-state index is 12.1. The van der Waals surface area contributed by atoms with Crippen molar-refractivity contribution < 1.29 is 18.3 Å². The van der Waals surface area contributed by atoms with Crippen LogP contribution >= 0.6 is 0 Å². The van der Waals surface area contributed by atoms with Crippen molar-refractivity contribution in [2.75, 3.05) is 0 Å². The van der Waals surface area contributed by atoms with Crippen LogP contribution in [0.5, 0.6) is 5.75 Å². The Balaban J connectivity index is 1.80. The first-order valence-electron chi connectivity index (χ1n) is 7.40. The summed E-state index contributed by atoms with van der Waals surface area (Å²) in [4.78, 5) is 12.0. The molecular formula is C18H19F2NO2. The molecule has 0 bridgehead atoms. The Labute approximate surface area is 134 Å². The summed E-state index contributed by atoms with van der Waals surface area (Å²) in [5, 5.41) is 2.83. The minimum absolute atomic E-state index is 0.0470. The van der Waals surface area contributed by atoms with Crippen LogP contribution in [0.2, 0.25) is 0 Å². The molecule has 0 heterocycles. The second kappa shape index (κ2) is 8.27. The fourth-order valence-corrected chi connectivity index (χ4v) is 2.24. The molecule has 3 nitrogen and oxygen atoms in total. The summed E-state index contributed by atoms with van der Waals surface area (Å²) in [5.41, 5.74) is 1.95. The Morgan fingerprint density at radius 1 is 1.09 bits per heavy atom. The summed E-state index contributed by atoms with van der Waals surface area (Å²) in [5.74, 6) is 0.194. The molecule has 0 aromatic heterocycles. The zero-order valence-electron chi connectivity index (χ0n) is 12.8. The molecule has 5 heteroatoms. The van der Waals surface area contributed by atoms with Crippen LogP contribution < -0.4 is 10.1 Å². The molecule has 0 spiro atoms. The van der Waals surface area contributed by atoms with Crippen molar-refractivity contribution in [3.05, 3.63) is 65.7 Å². The second-order valence-corrected chi connectivity index (χ2v) is 5.32. The van der Waals surface area contributed by atoms with Crippen molar-refractivity contribution in [3.63, 3.8) is 0 Å². The van der Waals surface area contributed by atoms with Crippen molar-refractivity contribution in [1.29, 1.82) is 0 Å². The summed E-state index contributed by atoms with van der Waals surface area (Å²) in [6, 6.07) is 16.1. The van der Waals surface area contributed by atoms with E-state index in [9.17, 15) is 13.6 Å². The number of hydrogen-bond acceptors (Lipinski definition) is 2. The molecule has 122 valence electrons. The molecule has 0 saturated heterocycles. The minimum atomic E-state index is -2.83. The normalized spacial score (nSPS) is 12.0. The van der Waals surface area contributed by atoms with Gasteiger partial charge in [0.15, 0.2) is 0 Å². The van der Waals surface area contributed by atoms with E-state index in [-0.39, 0.29) is 17.6 Å². The summed E-state index contributed by atoms with van der Waals surface area (Å²) < 4.78 is 28.4.